The van der Waals surface area contributed by atoms with Crippen LogP contribution >= 0.6 is 0 Å². The number of rotatable bonds is 2. The van der Waals surface area contributed by atoms with Crippen LogP contribution in [0, 0.1) is 11.8 Å². The summed E-state index contributed by atoms with van der Waals surface area (Å²) in [6, 6.07) is 8.79. The zero-order valence-corrected chi connectivity index (χ0v) is 8.66. The van der Waals surface area contributed by atoms with Crippen LogP contribution in [0.3, 0.4) is 0 Å². The van der Waals surface area contributed by atoms with Gasteiger partial charge in [0.25, 0.3) is 0 Å². The predicted octanol–water partition coefficient (Wildman–Crippen LogP) is 3.24. The van der Waals surface area contributed by atoms with E-state index in [1.165, 1.54) is 24.9 Å². The first kappa shape index (κ1) is 8.34. The van der Waals surface area contributed by atoms with Gasteiger partial charge in [-0.1, -0.05) is 24.6 Å². The lowest BCUT2D eigenvalue weighted by atomic mass is 10.0. The molecular formula is C13H17N. The van der Waals surface area contributed by atoms with Crippen LogP contribution in [0.25, 0.3) is 0 Å². The van der Waals surface area contributed by atoms with E-state index in [1.807, 2.05) is 7.05 Å². The number of para-hydroxylation sites is 1. The summed E-state index contributed by atoms with van der Waals surface area (Å²) in [5, 5.41) is 3.31. The molecule has 0 radical (unpaired) electrons. The molecule has 1 aromatic rings. The molecule has 2 aliphatic rings. The lowest BCUT2D eigenvalue weighted by Crippen LogP contribution is -1.96. The average molecular weight is 187 g/mol. The molecule has 2 fully saturated rings. The Hall–Kier alpha value is -0.980. The van der Waals surface area contributed by atoms with Crippen molar-refractivity contribution in [3.63, 3.8) is 0 Å². The summed E-state index contributed by atoms with van der Waals surface area (Å²) in [6.07, 6.45) is 4.40. The number of hydrogen-bond donors (Lipinski definition) is 1. The van der Waals surface area contributed by atoms with Crippen molar-refractivity contribution in [2.45, 2.75) is 25.2 Å². The number of fused-ring (bicyclic) bond motifs is 1. The highest BCUT2D eigenvalue weighted by Gasteiger charge is 2.53. The van der Waals surface area contributed by atoms with E-state index < -0.39 is 0 Å². The molecule has 1 N–H and O–H groups in total. The number of benzene rings is 1. The van der Waals surface area contributed by atoms with Gasteiger partial charge in [-0.3, -0.25) is 0 Å². The third kappa shape index (κ3) is 1.08. The zero-order valence-electron chi connectivity index (χ0n) is 8.66. The minimum Gasteiger partial charge on any atom is -0.388 e. The van der Waals surface area contributed by atoms with Gasteiger partial charge in [-0.05, 0) is 42.2 Å². The molecule has 0 heterocycles. The molecule has 0 saturated heterocycles. The molecule has 1 nitrogen and oxygen atoms in total. The van der Waals surface area contributed by atoms with Crippen LogP contribution in [-0.2, 0) is 0 Å². The monoisotopic (exact) mass is 187 g/mol. The third-order valence-corrected chi connectivity index (χ3v) is 4.00. The first-order valence-electron chi connectivity index (χ1n) is 5.68. The molecule has 2 aliphatic carbocycles. The zero-order chi connectivity index (χ0) is 9.54. The Morgan fingerprint density at radius 2 is 1.86 bits per heavy atom. The maximum atomic E-state index is 3.31. The fourth-order valence-corrected chi connectivity index (χ4v) is 3.30. The van der Waals surface area contributed by atoms with Gasteiger partial charge >= 0.3 is 0 Å². The van der Waals surface area contributed by atoms with Crippen LogP contribution in [0.5, 0.6) is 0 Å². The molecule has 14 heavy (non-hydrogen) atoms. The van der Waals surface area contributed by atoms with E-state index in [2.05, 4.69) is 29.6 Å². The van der Waals surface area contributed by atoms with Crippen LogP contribution in [0.2, 0.25) is 0 Å². The Kier molecular flexibility index (Phi) is 1.79. The second kappa shape index (κ2) is 3.01. The molecule has 1 heteroatoms. The van der Waals surface area contributed by atoms with Gasteiger partial charge in [0.15, 0.2) is 0 Å². The van der Waals surface area contributed by atoms with E-state index >= 15 is 0 Å². The average Bonchev–Trinajstić information content (AvgIpc) is 2.70. The standard InChI is InChI=1S/C13H17N/c1-14-12-8-3-2-5-11(12)13-9-6-4-7-10(9)13/h2-3,5,8-10,13-14H,4,6-7H2,1H3/t9-,10+,13?. The van der Waals surface area contributed by atoms with Crippen molar-refractivity contribution < 1.29 is 0 Å². The minimum atomic E-state index is 0.882. The molecule has 0 aromatic heterocycles. The Balaban J connectivity index is 1.90. The van der Waals surface area contributed by atoms with Gasteiger partial charge in [0.1, 0.15) is 0 Å². The Morgan fingerprint density at radius 1 is 1.14 bits per heavy atom. The van der Waals surface area contributed by atoms with Gasteiger partial charge in [-0.2, -0.15) is 0 Å². The minimum absolute atomic E-state index is 0.882. The van der Waals surface area contributed by atoms with Gasteiger partial charge < -0.3 is 5.32 Å². The summed E-state index contributed by atoms with van der Waals surface area (Å²) >= 11 is 0. The Labute approximate surface area is 85.5 Å². The molecule has 0 bridgehead atoms. The van der Waals surface area contributed by atoms with E-state index in [-0.39, 0.29) is 0 Å². The first-order valence-corrected chi connectivity index (χ1v) is 5.68. The molecule has 1 aromatic carbocycles. The van der Waals surface area contributed by atoms with Crippen LogP contribution in [0.4, 0.5) is 5.69 Å². The third-order valence-electron chi connectivity index (χ3n) is 4.00. The molecule has 3 atom stereocenters. The van der Waals surface area contributed by atoms with Crippen molar-refractivity contribution in [1.82, 2.24) is 0 Å². The molecule has 2 saturated carbocycles. The molecule has 0 aliphatic heterocycles. The molecular weight excluding hydrogens is 170 g/mol. The van der Waals surface area contributed by atoms with Crippen LogP contribution in [0.15, 0.2) is 24.3 Å². The normalized spacial score (nSPS) is 33.9. The van der Waals surface area contributed by atoms with Crippen molar-refractivity contribution in [1.29, 1.82) is 0 Å². The highest BCUT2D eigenvalue weighted by Crippen LogP contribution is 2.64. The van der Waals surface area contributed by atoms with Crippen LogP contribution in [0.1, 0.15) is 30.7 Å². The van der Waals surface area contributed by atoms with E-state index in [1.54, 1.807) is 5.56 Å². The second-order valence-corrected chi connectivity index (χ2v) is 4.62. The number of hydrogen-bond acceptors (Lipinski definition) is 1. The Morgan fingerprint density at radius 3 is 2.57 bits per heavy atom. The van der Waals surface area contributed by atoms with Gasteiger partial charge in [-0.25, -0.2) is 0 Å². The van der Waals surface area contributed by atoms with Crippen molar-refractivity contribution in [3.8, 4) is 0 Å². The summed E-state index contributed by atoms with van der Waals surface area (Å²) in [6.45, 7) is 0. The van der Waals surface area contributed by atoms with Crippen molar-refractivity contribution >= 4 is 5.69 Å². The van der Waals surface area contributed by atoms with Crippen LogP contribution < -0.4 is 5.32 Å². The van der Waals surface area contributed by atoms with Gasteiger partial charge in [-0.15, -0.1) is 0 Å². The van der Waals surface area contributed by atoms with E-state index in [9.17, 15) is 0 Å². The lowest BCUT2D eigenvalue weighted by molar-refractivity contribution is 0.683. The van der Waals surface area contributed by atoms with Gasteiger partial charge in [0.05, 0.1) is 0 Å². The topological polar surface area (TPSA) is 12.0 Å². The Bertz CT molecular complexity index is 335. The molecule has 74 valence electrons. The lowest BCUT2D eigenvalue weighted by Gasteiger charge is -2.09. The largest absolute Gasteiger partial charge is 0.388 e. The fraction of sp³-hybridized carbons (Fsp3) is 0.538. The van der Waals surface area contributed by atoms with E-state index in [0.717, 1.165) is 17.8 Å². The predicted molar refractivity (Wildman–Crippen MR) is 59.6 cm³/mol. The fourth-order valence-electron chi connectivity index (χ4n) is 3.30. The van der Waals surface area contributed by atoms with Crippen molar-refractivity contribution in [3.05, 3.63) is 29.8 Å². The molecule has 0 amide bonds. The smallest absolute Gasteiger partial charge is 0.0373 e. The number of anilines is 1. The van der Waals surface area contributed by atoms with E-state index in [4.69, 9.17) is 0 Å². The quantitative estimate of drug-likeness (QED) is 0.749. The molecule has 3 rings (SSSR count). The first-order chi connectivity index (χ1) is 6.92. The van der Waals surface area contributed by atoms with Gasteiger partial charge in [0.2, 0.25) is 0 Å². The van der Waals surface area contributed by atoms with Crippen molar-refractivity contribution in [2.75, 3.05) is 12.4 Å². The second-order valence-electron chi connectivity index (χ2n) is 4.62. The summed E-state index contributed by atoms with van der Waals surface area (Å²) in [5.41, 5.74) is 2.90. The highest BCUT2D eigenvalue weighted by molar-refractivity contribution is 5.54. The maximum Gasteiger partial charge on any atom is 0.0373 e. The SMILES string of the molecule is CNc1ccccc1C1[C@H]2CCC[C@@H]12. The summed E-state index contributed by atoms with van der Waals surface area (Å²) < 4.78 is 0. The van der Waals surface area contributed by atoms with E-state index in [0.29, 0.717) is 0 Å². The van der Waals surface area contributed by atoms with Crippen LogP contribution in [-0.4, -0.2) is 7.05 Å². The molecule has 1 unspecified atom stereocenters. The van der Waals surface area contributed by atoms with Crippen molar-refractivity contribution in [2.24, 2.45) is 11.8 Å². The summed E-state index contributed by atoms with van der Waals surface area (Å²) in [5.74, 6) is 2.92. The van der Waals surface area contributed by atoms with Gasteiger partial charge in [0, 0.05) is 12.7 Å². The summed E-state index contributed by atoms with van der Waals surface area (Å²) in [7, 11) is 2.02. The highest BCUT2D eigenvalue weighted by atomic mass is 14.8. The number of nitrogens with one attached hydrogen (secondary N) is 1. The molecule has 0 spiro atoms. The maximum absolute atomic E-state index is 3.31. The summed E-state index contributed by atoms with van der Waals surface area (Å²) in [4.78, 5) is 0.